The number of guanidine groups is 1. The van der Waals surface area contributed by atoms with Crippen molar-refractivity contribution in [1.29, 1.82) is 0 Å². The summed E-state index contributed by atoms with van der Waals surface area (Å²) < 4.78 is 5.05. The third-order valence-corrected chi connectivity index (χ3v) is 3.69. The maximum absolute atomic E-state index is 5.05. The monoisotopic (exact) mass is 441 g/mol. The second-order valence-electron chi connectivity index (χ2n) is 5.42. The van der Waals surface area contributed by atoms with Crippen molar-refractivity contribution in [3.8, 4) is 0 Å². The van der Waals surface area contributed by atoms with Crippen molar-refractivity contribution in [2.75, 3.05) is 33.4 Å². The Morgan fingerprint density at radius 2 is 1.88 bits per heavy atom. The molecule has 0 fully saturated rings. The van der Waals surface area contributed by atoms with Crippen molar-refractivity contribution in [2.45, 2.75) is 19.8 Å². The molecule has 0 amide bonds. The molecule has 2 aromatic carbocycles. The van der Waals surface area contributed by atoms with Crippen LogP contribution in [0, 0.1) is 0 Å². The average Bonchev–Trinajstić information content (AvgIpc) is 2.59. The quantitative estimate of drug-likeness (QED) is 0.285. The van der Waals surface area contributed by atoms with Gasteiger partial charge in [0, 0.05) is 33.4 Å². The smallest absolute Gasteiger partial charge is 0.191 e. The molecule has 5 heteroatoms. The van der Waals surface area contributed by atoms with Gasteiger partial charge in [-0.15, -0.1) is 24.0 Å². The molecule has 0 aromatic heterocycles. The summed E-state index contributed by atoms with van der Waals surface area (Å²) >= 11 is 0. The van der Waals surface area contributed by atoms with Crippen LogP contribution in [0.2, 0.25) is 0 Å². The Bertz CT molecular complexity index is 626. The van der Waals surface area contributed by atoms with Crippen LogP contribution in [-0.2, 0) is 11.2 Å². The van der Waals surface area contributed by atoms with Gasteiger partial charge in [-0.2, -0.15) is 0 Å². The molecule has 0 spiro atoms. The van der Waals surface area contributed by atoms with Crippen LogP contribution in [0.3, 0.4) is 0 Å². The average molecular weight is 441 g/mol. The summed E-state index contributed by atoms with van der Waals surface area (Å²) in [6, 6.07) is 15.0. The zero-order valence-electron chi connectivity index (χ0n) is 14.5. The lowest BCUT2D eigenvalue weighted by Gasteiger charge is -2.12. The van der Waals surface area contributed by atoms with Gasteiger partial charge in [-0.3, -0.25) is 4.99 Å². The van der Waals surface area contributed by atoms with Gasteiger partial charge in [-0.05, 0) is 36.1 Å². The fourth-order valence-corrected chi connectivity index (χ4v) is 2.57. The first kappa shape index (κ1) is 20.7. The molecule has 0 radical (unpaired) electrons. The highest BCUT2D eigenvalue weighted by molar-refractivity contribution is 14.0. The summed E-state index contributed by atoms with van der Waals surface area (Å²) in [5, 5.41) is 9.32. The number of nitrogens with one attached hydrogen (secondary N) is 2. The first-order valence-electron chi connectivity index (χ1n) is 8.33. The van der Waals surface area contributed by atoms with Gasteiger partial charge in [-0.1, -0.05) is 42.5 Å². The lowest BCUT2D eigenvalue weighted by molar-refractivity contribution is 0.197. The van der Waals surface area contributed by atoms with Crippen LogP contribution in [0.25, 0.3) is 10.8 Å². The van der Waals surface area contributed by atoms with Gasteiger partial charge in [0.25, 0.3) is 0 Å². The molecule has 0 heterocycles. The Morgan fingerprint density at radius 3 is 2.67 bits per heavy atom. The zero-order chi connectivity index (χ0) is 16.3. The fourth-order valence-electron chi connectivity index (χ4n) is 2.57. The van der Waals surface area contributed by atoms with E-state index in [1.165, 1.54) is 16.3 Å². The van der Waals surface area contributed by atoms with E-state index in [0.29, 0.717) is 0 Å². The third kappa shape index (κ3) is 6.65. The molecule has 0 saturated carbocycles. The van der Waals surface area contributed by atoms with Gasteiger partial charge in [0.1, 0.15) is 0 Å². The molecule has 24 heavy (non-hydrogen) atoms. The first-order valence-corrected chi connectivity index (χ1v) is 8.33. The van der Waals surface area contributed by atoms with Crippen molar-refractivity contribution in [2.24, 2.45) is 4.99 Å². The minimum atomic E-state index is 0. The molecule has 2 rings (SSSR count). The summed E-state index contributed by atoms with van der Waals surface area (Å²) in [5.41, 5.74) is 1.37. The van der Waals surface area contributed by atoms with Crippen LogP contribution in [0.4, 0.5) is 0 Å². The highest BCUT2D eigenvalue weighted by atomic mass is 127. The maximum atomic E-state index is 5.05. The van der Waals surface area contributed by atoms with Crippen LogP contribution in [0.1, 0.15) is 18.9 Å². The molecule has 0 bridgehead atoms. The van der Waals surface area contributed by atoms with Crippen LogP contribution < -0.4 is 10.6 Å². The largest absolute Gasteiger partial charge is 0.385 e. The van der Waals surface area contributed by atoms with E-state index in [4.69, 9.17) is 4.74 Å². The number of rotatable bonds is 8. The molecule has 132 valence electrons. The highest BCUT2D eigenvalue weighted by Crippen LogP contribution is 2.18. The van der Waals surface area contributed by atoms with E-state index in [1.54, 1.807) is 7.11 Å². The predicted octanol–water partition coefficient (Wildman–Crippen LogP) is 3.59. The second kappa shape index (κ2) is 12.1. The maximum Gasteiger partial charge on any atom is 0.191 e. The summed E-state index contributed by atoms with van der Waals surface area (Å²) in [6.07, 6.45) is 1.92. The summed E-state index contributed by atoms with van der Waals surface area (Å²) in [7, 11) is 1.72. The highest BCUT2D eigenvalue weighted by Gasteiger charge is 2.01. The fraction of sp³-hybridized carbons (Fsp3) is 0.421. The molecule has 0 aliphatic carbocycles. The normalized spacial score (nSPS) is 11.2. The Labute approximate surface area is 162 Å². The standard InChI is InChI=1S/C19H27N3O.HI/c1-3-20-19(21-13-7-15-23-2)22-14-12-17-10-6-9-16-8-4-5-11-18(16)17;/h4-6,8-11H,3,7,12-15H2,1-2H3,(H2,20,21,22);1H. The van der Waals surface area contributed by atoms with E-state index in [1.807, 2.05) is 0 Å². The molecule has 0 aliphatic rings. The number of hydrogen-bond acceptors (Lipinski definition) is 2. The number of methoxy groups -OCH3 is 1. The number of fused-ring (bicyclic) bond motifs is 1. The Kier molecular flexibility index (Phi) is 10.4. The molecule has 0 saturated heterocycles. The van der Waals surface area contributed by atoms with E-state index < -0.39 is 0 Å². The molecule has 0 atom stereocenters. The van der Waals surface area contributed by atoms with E-state index >= 15 is 0 Å². The second-order valence-corrected chi connectivity index (χ2v) is 5.42. The van der Waals surface area contributed by atoms with Crippen molar-refractivity contribution in [3.63, 3.8) is 0 Å². The van der Waals surface area contributed by atoms with Gasteiger partial charge in [0.15, 0.2) is 5.96 Å². The van der Waals surface area contributed by atoms with Crippen LogP contribution in [0.5, 0.6) is 0 Å². The van der Waals surface area contributed by atoms with Gasteiger partial charge in [0.05, 0.1) is 0 Å². The topological polar surface area (TPSA) is 45.7 Å². The summed E-state index contributed by atoms with van der Waals surface area (Å²) in [4.78, 5) is 4.56. The van der Waals surface area contributed by atoms with Crippen LogP contribution in [-0.4, -0.2) is 39.3 Å². The number of benzene rings is 2. The molecule has 2 N–H and O–H groups in total. The minimum Gasteiger partial charge on any atom is -0.385 e. The molecule has 2 aromatic rings. The SMILES string of the molecule is CCNC(=NCCCOC)NCCc1cccc2ccccc12.I. The molecular formula is C19H28IN3O. The van der Waals surface area contributed by atoms with Gasteiger partial charge in [-0.25, -0.2) is 0 Å². The zero-order valence-corrected chi connectivity index (χ0v) is 16.9. The van der Waals surface area contributed by atoms with Crippen molar-refractivity contribution >= 4 is 40.7 Å². The summed E-state index contributed by atoms with van der Waals surface area (Å²) in [6.45, 7) is 5.34. The van der Waals surface area contributed by atoms with Crippen molar-refractivity contribution < 1.29 is 4.74 Å². The van der Waals surface area contributed by atoms with Crippen LogP contribution >= 0.6 is 24.0 Å². The molecule has 0 aliphatic heterocycles. The number of halogens is 1. The molecule has 4 nitrogen and oxygen atoms in total. The van der Waals surface area contributed by atoms with Gasteiger partial charge in [0.2, 0.25) is 0 Å². The first-order chi connectivity index (χ1) is 11.3. The number of ether oxygens (including phenoxy) is 1. The Hall–Kier alpha value is -1.34. The minimum absolute atomic E-state index is 0. The molecule has 0 unspecified atom stereocenters. The predicted molar refractivity (Wildman–Crippen MR) is 114 cm³/mol. The summed E-state index contributed by atoms with van der Waals surface area (Å²) in [5.74, 6) is 0.879. The number of aliphatic imine (C=N–C) groups is 1. The Balaban J connectivity index is 0.00000288. The Morgan fingerprint density at radius 1 is 1.08 bits per heavy atom. The molecular weight excluding hydrogens is 413 g/mol. The van der Waals surface area contributed by atoms with Crippen LogP contribution in [0.15, 0.2) is 47.5 Å². The third-order valence-electron chi connectivity index (χ3n) is 3.69. The van der Waals surface area contributed by atoms with Crippen molar-refractivity contribution in [1.82, 2.24) is 10.6 Å². The van der Waals surface area contributed by atoms with Crippen molar-refractivity contribution in [3.05, 3.63) is 48.0 Å². The number of nitrogens with zero attached hydrogens (tertiary/aromatic N) is 1. The van der Waals surface area contributed by atoms with E-state index in [-0.39, 0.29) is 24.0 Å². The van der Waals surface area contributed by atoms with E-state index in [2.05, 4.69) is 65.0 Å². The lowest BCUT2D eigenvalue weighted by Crippen LogP contribution is -2.38. The number of hydrogen-bond donors (Lipinski definition) is 2. The van der Waals surface area contributed by atoms with Gasteiger partial charge < -0.3 is 15.4 Å². The van der Waals surface area contributed by atoms with E-state index in [0.717, 1.165) is 45.0 Å². The van der Waals surface area contributed by atoms with Gasteiger partial charge >= 0.3 is 0 Å². The van der Waals surface area contributed by atoms with E-state index in [9.17, 15) is 0 Å². The lowest BCUT2D eigenvalue weighted by atomic mass is 10.0.